The number of carbonyl (C=O) groups excluding carboxylic acids is 1. The molecule has 0 aliphatic carbocycles. The number of primary amides is 1. The van der Waals surface area contributed by atoms with E-state index in [0.717, 1.165) is 10.8 Å². The van der Waals surface area contributed by atoms with Gasteiger partial charge in [-0.3, -0.25) is 9.52 Å². The number of carbonyl (C=O) groups is 1. The topological polar surface area (TPSA) is 112 Å². The van der Waals surface area contributed by atoms with Crippen LogP contribution in [0.3, 0.4) is 0 Å². The first-order valence-electron chi connectivity index (χ1n) is 8.31. The van der Waals surface area contributed by atoms with E-state index in [0.29, 0.717) is 16.9 Å². The van der Waals surface area contributed by atoms with Gasteiger partial charge in [-0.1, -0.05) is 18.2 Å². The molecule has 4 aromatic rings. The fraction of sp³-hybridized carbons (Fsp3) is 0.0500. The van der Waals surface area contributed by atoms with E-state index in [1.54, 1.807) is 12.1 Å². The summed E-state index contributed by atoms with van der Waals surface area (Å²) >= 11 is 0. The monoisotopic (exact) mass is 396 g/mol. The van der Waals surface area contributed by atoms with Gasteiger partial charge in [-0.15, -0.1) is 0 Å². The zero-order chi connectivity index (χ0) is 19.9. The molecule has 0 saturated heterocycles. The predicted molar refractivity (Wildman–Crippen MR) is 106 cm³/mol. The Labute approximate surface area is 160 Å². The van der Waals surface area contributed by atoms with Crippen LogP contribution < -0.4 is 15.2 Å². The molecular weight excluding hydrogens is 380 g/mol. The maximum Gasteiger partial charge on any atom is 0.262 e. The first-order chi connectivity index (χ1) is 13.4. The number of nitrogens with one attached hydrogen (secondary N) is 1. The van der Waals surface area contributed by atoms with Gasteiger partial charge in [0, 0.05) is 22.4 Å². The van der Waals surface area contributed by atoms with Crippen molar-refractivity contribution < 1.29 is 22.4 Å². The van der Waals surface area contributed by atoms with E-state index in [-0.39, 0.29) is 16.1 Å². The number of rotatable bonds is 5. The molecular formula is C20H16N2O5S. The Morgan fingerprint density at radius 1 is 1.00 bits per heavy atom. The highest BCUT2D eigenvalue weighted by Gasteiger charge is 2.19. The summed E-state index contributed by atoms with van der Waals surface area (Å²) in [5.74, 6) is -0.273. The second kappa shape index (κ2) is 6.58. The summed E-state index contributed by atoms with van der Waals surface area (Å²) in [4.78, 5) is 11.2. The number of sulfonamides is 1. The van der Waals surface area contributed by atoms with Crippen LogP contribution in [0.15, 0.2) is 70.0 Å². The largest absolute Gasteiger partial charge is 0.495 e. The average molecular weight is 396 g/mol. The standard InChI is InChI=1S/C20H16N2O5S/c1-26-19-10-15-14-4-2-3-5-17(14)27-18(15)11-16(19)22-28(24,25)13-8-6-12(7-9-13)20(21)23/h2-11,22H,1H3,(H2,21,23). The molecule has 1 heterocycles. The highest BCUT2D eigenvalue weighted by molar-refractivity contribution is 7.92. The number of anilines is 1. The number of fused-ring (bicyclic) bond motifs is 3. The van der Waals surface area contributed by atoms with Crippen LogP contribution in [0, 0.1) is 0 Å². The summed E-state index contributed by atoms with van der Waals surface area (Å²) in [6.07, 6.45) is 0. The minimum absolute atomic E-state index is 0.00995. The SMILES string of the molecule is COc1cc2c(cc1NS(=O)(=O)c1ccc(C(N)=O)cc1)oc1ccccc12. The quantitative estimate of drug-likeness (QED) is 0.536. The molecule has 7 nitrogen and oxygen atoms in total. The molecule has 8 heteroatoms. The van der Waals surface area contributed by atoms with Gasteiger partial charge in [0.05, 0.1) is 17.7 Å². The molecule has 0 spiro atoms. The Morgan fingerprint density at radius 2 is 1.71 bits per heavy atom. The van der Waals surface area contributed by atoms with Gasteiger partial charge in [-0.05, 0) is 36.4 Å². The van der Waals surface area contributed by atoms with Crippen molar-refractivity contribution in [3.8, 4) is 5.75 Å². The predicted octanol–water partition coefficient (Wildman–Crippen LogP) is 3.49. The van der Waals surface area contributed by atoms with Crippen LogP contribution in [0.5, 0.6) is 5.75 Å². The summed E-state index contributed by atoms with van der Waals surface area (Å²) in [5.41, 5.74) is 6.88. The number of ether oxygens (including phenoxy) is 1. The van der Waals surface area contributed by atoms with E-state index in [2.05, 4.69) is 4.72 Å². The molecule has 3 aromatic carbocycles. The van der Waals surface area contributed by atoms with E-state index < -0.39 is 15.9 Å². The summed E-state index contributed by atoms with van der Waals surface area (Å²) < 4.78 is 39.2. The molecule has 0 saturated carbocycles. The van der Waals surface area contributed by atoms with E-state index in [1.165, 1.54) is 31.4 Å². The first kappa shape index (κ1) is 17.9. The van der Waals surface area contributed by atoms with Crippen molar-refractivity contribution in [3.05, 3.63) is 66.2 Å². The second-order valence-corrected chi connectivity index (χ2v) is 7.82. The Hall–Kier alpha value is -3.52. The lowest BCUT2D eigenvalue weighted by Crippen LogP contribution is -2.15. The Morgan fingerprint density at radius 3 is 2.39 bits per heavy atom. The van der Waals surface area contributed by atoms with E-state index in [4.69, 9.17) is 14.9 Å². The number of amides is 1. The smallest absolute Gasteiger partial charge is 0.262 e. The van der Waals surface area contributed by atoms with Crippen LogP contribution >= 0.6 is 0 Å². The Balaban J connectivity index is 1.77. The normalized spacial score (nSPS) is 11.6. The van der Waals surface area contributed by atoms with E-state index >= 15 is 0 Å². The molecule has 0 atom stereocenters. The van der Waals surface area contributed by atoms with Gasteiger partial charge in [0.2, 0.25) is 5.91 Å². The number of para-hydroxylation sites is 1. The summed E-state index contributed by atoms with van der Waals surface area (Å²) in [7, 11) is -2.45. The lowest BCUT2D eigenvalue weighted by molar-refractivity contribution is 0.1000. The molecule has 0 bridgehead atoms. The molecule has 28 heavy (non-hydrogen) atoms. The van der Waals surface area contributed by atoms with Crippen LogP contribution in [0.2, 0.25) is 0 Å². The molecule has 3 N–H and O–H groups in total. The number of furan rings is 1. The molecule has 4 rings (SSSR count). The maximum atomic E-state index is 12.7. The van der Waals surface area contributed by atoms with Crippen LogP contribution in [-0.2, 0) is 10.0 Å². The minimum atomic E-state index is -3.91. The van der Waals surface area contributed by atoms with Crippen molar-refractivity contribution in [3.63, 3.8) is 0 Å². The third-order valence-electron chi connectivity index (χ3n) is 4.39. The van der Waals surface area contributed by atoms with Crippen molar-refractivity contribution in [2.75, 3.05) is 11.8 Å². The van der Waals surface area contributed by atoms with Gasteiger partial charge < -0.3 is 14.9 Å². The fourth-order valence-corrected chi connectivity index (χ4v) is 4.06. The molecule has 1 amide bonds. The van der Waals surface area contributed by atoms with Crippen molar-refractivity contribution in [1.82, 2.24) is 0 Å². The van der Waals surface area contributed by atoms with Crippen LogP contribution in [0.4, 0.5) is 5.69 Å². The second-order valence-electron chi connectivity index (χ2n) is 6.14. The molecule has 0 radical (unpaired) electrons. The molecule has 1 aromatic heterocycles. The van der Waals surface area contributed by atoms with Crippen molar-refractivity contribution >= 4 is 43.6 Å². The molecule has 0 fully saturated rings. The number of methoxy groups -OCH3 is 1. The van der Waals surface area contributed by atoms with Gasteiger partial charge in [0.1, 0.15) is 16.9 Å². The highest BCUT2D eigenvalue weighted by Crippen LogP contribution is 2.37. The lowest BCUT2D eigenvalue weighted by atomic mass is 10.1. The Kier molecular flexibility index (Phi) is 4.20. The summed E-state index contributed by atoms with van der Waals surface area (Å²) in [6, 6.07) is 16.2. The minimum Gasteiger partial charge on any atom is -0.495 e. The van der Waals surface area contributed by atoms with Crippen molar-refractivity contribution in [2.45, 2.75) is 4.90 Å². The van der Waals surface area contributed by atoms with Crippen molar-refractivity contribution in [1.29, 1.82) is 0 Å². The van der Waals surface area contributed by atoms with Gasteiger partial charge in [-0.25, -0.2) is 8.42 Å². The number of hydrogen-bond acceptors (Lipinski definition) is 5. The molecule has 0 aliphatic heterocycles. The molecule has 0 aliphatic rings. The molecule has 0 unspecified atom stereocenters. The van der Waals surface area contributed by atoms with Crippen LogP contribution in [0.25, 0.3) is 21.9 Å². The zero-order valence-electron chi connectivity index (χ0n) is 14.8. The van der Waals surface area contributed by atoms with E-state index in [9.17, 15) is 13.2 Å². The molecule has 142 valence electrons. The number of benzene rings is 3. The van der Waals surface area contributed by atoms with Crippen LogP contribution in [-0.4, -0.2) is 21.4 Å². The maximum absolute atomic E-state index is 12.7. The van der Waals surface area contributed by atoms with Gasteiger partial charge in [-0.2, -0.15) is 0 Å². The summed E-state index contributed by atoms with van der Waals surface area (Å²) in [5, 5.41) is 1.73. The third-order valence-corrected chi connectivity index (χ3v) is 5.77. The van der Waals surface area contributed by atoms with E-state index in [1.807, 2.05) is 24.3 Å². The highest BCUT2D eigenvalue weighted by atomic mass is 32.2. The van der Waals surface area contributed by atoms with Gasteiger partial charge in [0.25, 0.3) is 10.0 Å². The lowest BCUT2D eigenvalue weighted by Gasteiger charge is -2.12. The summed E-state index contributed by atoms with van der Waals surface area (Å²) in [6.45, 7) is 0. The van der Waals surface area contributed by atoms with Gasteiger partial charge >= 0.3 is 0 Å². The fourth-order valence-electron chi connectivity index (χ4n) is 3.00. The number of nitrogens with two attached hydrogens (primary N) is 1. The first-order valence-corrected chi connectivity index (χ1v) is 9.79. The number of hydrogen-bond donors (Lipinski definition) is 2. The zero-order valence-corrected chi connectivity index (χ0v) is 15.6. The van der Waals surface area contributed by atoms with Crippen LogP contribution in [0.1, 0.15) is 10.4 Å². The average Bonchev–Trinajstić information content (AvgIpc) is 3.04. The van der Waals surface area contributed by atoms with Gasteiger partial charge in [0.15, 0.2) is 0 Å². The third kappa shape index (κ3) is 3.03. The van der Waals surface area contributed by atoms with Crippen molar-refractivity contribution in [2.24, 2.45) is 5.73 Å². The Bertz CT molecular complexity index is 1310.